The van der Waals surface area contributed by atoms with E-state index in [0.29, 0.717) is 5.95 Å². The third-order valence-corrected chi connectivity index (χ3v) is 2.59. The van der Waals surface area contributed by atoms with E-state index in [4.69, 9.17) is 10.3 Å². The van der Waals surface area contributed by atoms with Crippen molar-refractivity contribution in [1.29, 1.82) is 0 Å². The quantitative estimate of drug-likeness (QED) is 0.352. The van der Waals surface area contributed by atoms with Gasteiger partial charge in [-0.05, 0) is 30.4 Å². The molecule has 0 aliphatic carbocycles. The lowest BCUT2D eigenvalue weighted by Crippen LogP contribution is -2.22. The third kappa shape index (κ3) is 3.08. The summed E-state index contributed by atoms with van der Waals surface area (Å²) < 4.78 is 4.83. The van der Waals surface area contributed by atoms with Crippen molar-refractivity contribution in [1.82, 2.24) is 15.0 Å². The van der Waals surface area contributed by atoms with Crippen molar-refractivity contribution in [2.45, 2.75) is 19.8 Å². The molecule has 0 amide bonds. The molecule has 1 aromatic rings. The van der Waals surface area contributed by atoms with Crippen molar-refractivity contribution < 1.29 is 9.53 Å². The Bertz CT molecular complexity index is 521. The van der Waals surface area contributed by atoms with E-state index in [2.05, 4.69) is 25.0 Å². The van der Waals surface area contributed by atoms with Gasteiger partial charge in [-0.2, -0.15) is 9.97 Å². The Morgan fingerprint density at radius 2 is 2.16 bits per heavy atom. The van der Waals surface area contributed by atoms with Gasteiger partial charge >= 0.3 is 5.97 Å². The van der Waals surface area contributed by atoms with Crippen LogP contribution in [0.4, 0.5) is 11.9 Å². The topological polar surface area (TPSA) is 117 Å². The van der Waals surface area contributed by atoms with Crippen molar-refractivity contribution in [3.8, 4) is 0 Å². The third-order valence-electron chi connectivity index (χ3n) is 2.59. The summed E-state index contributed by atoms with van der Waals surface area (Å²) in [7, 11) is 0. The largest absolute Gasteiger partial charge is 0.460 e. The van der Waals surface area contributed by atoms with Gasteiger partial charge in [-0.1, -0.05) is 0 Å². The Morgan fingerprint density at radius 1 is 1.42 bits per heavy atom. The number of nitrogens with zero attached hydrogens (tertiary/aromatic N) is 7. The number of hydrogen-bond acceptors (Lipinski definition) is 7. The smallest absolute Gasteiger partial charge is 0.376 e. The van der Waals surface area contributed by atoms with E-state index >= 15 is 0 Å². The molecule has 100 valence electrons. The van der Waals surface area contributed by atoms with Crippen molar-refractivity contribution in [3.63, 3.8) is 0 Å². The van der Waals surface area contributed by atoms with Gasteiger partial charge in [0.1, 0.15) is 0 Å². The molecule has 1 aromatic heterocycles. The Hall–Kier alpha value is -2.41. The minimum absolute atomic E-state index is 0.123. The van der Waals surface area contributed by atoms with Gasteiger partial charge in [0.05, 0.1) is 6.61 Å². The molecule has 0 atom stereocenters. The van der Waals surface area contributed by atoms with Crippen molar-refractivity contribution in [2.24, 2.45) is 5.11 Å². The summed E-state index contributed by atoms with van der Waals surface area (Å²) in [5, 5.41) is 3.33. The molecular formula is C10H13N7O2. The molecule has 1 fully saturated rings. The summed E-state index contributed by atoms with van der Waals surface area (Å²) in [5.41, 5.74) is 8.44. The molecule has 0 saturated carbocycles. The molecule has 2 rings (SSSR count). The van der Waals surface area contributed by atoms with E-state index in [1.807, 2.05) is 4.90 Å². The number of azide groups is 1. The standard InChI is InChI=1S/C10H13N7O2/c1-2-19-8(18)7-12-9(15-16-11)14-10(13-7)17-5-3-4-6-17/h2-6H2,1H3. The van der Waals surface area contributed by atoms with Crippen LogP contribution in [-0.2, 0) is 4.74 Å². The summed E-state index contributed by atoms with van der Waals surface area (Å²) in [6.45, 7) is 3.53. The molecule has 0 radical (unpaired) electrons. The molecule has 9 heteroatoms. The van der Waals surface area contributed by atoms with E-state index < -0.39 is 5.97 Å². The van der Waals surface area contributed by atoms with E-state index in [9.17, 15) is 4.79 Å². The number of aromatic nitrogens is 3. The molecule has 1 aliphatic heterocycles. The fourth-order valence-electron chi connectivity index (χ4n) is 1.78. The molecule has 1 aliphatic rings. The van der Waals surface area contributed by atoms with E-state index in [1.54, 1.807) is 6.92 Å². The molecule has 0 N–H and O–H groups in total. The Balaban J connectivity index is 2.36. The average molecular weight is 263 g/mol. The van der Waals surface area contributed by atoms with Gasteiger partial charge in [-0.25, -0.2) is 9.78 Å². The Kier molecular flexibility index (Phi) is 4.09. The van der Waals surface area contributed by atoms with Crippen LogP contribution >= 0.6 is 0 Å². The van der Waals surface area contributed by atoms with Gasteiger partial charge in [0.2, 0.25) is 17.7 Å². The highest BCUT2D eigenvalue weighted by atomic mass is 16.5. The maximum Gasteiger partial charge on any atom is 0.376 e. The van der Waals surface area contributed by atoms with E-state index in [0.717, 1.165) is 25.9 Å². The predicted octanol–water partition coefficient (Wildman–Crippen LogP) is 1.59. The molecule has 19 heavy (non-hydrogen) atoms. The van der Waals surface area contributed by atoms with Gasteiger partial charge in [0.15, 0.2) is 0 Å². The number of ether oxygens (including phenoxy) is 1. The SMILES string of the molecule is CCOC(=O)c1nc(N=[N+]=[N-])nc(N2CCCC2)n1. The fourth-order valence-corrected chi connectivity index (χ4v) is 1.78. The number of anilines is 1. The molecule has 2 heterocycles. The maximum atomic E-state index is 11.6. The number of hydrogen-bond donors (Lipinski definition) is 0. The van der Waals surface area contributed by atoms with Crippen molar-refractivity contribution in [3.05, 3.63) is 16.3 Å². The first kappa shape index (κ1) is 13.0. The number of carbonyl (C=O) groups excluding carboxylic acids is 1. The second kappa shape index (κ2) is 5.96. The highest BCUT2D eigenvalue weighted by molar-refractivity contribution is 5.85. The van der Waals surface area contributed by atoms with Crippen LogP contribution in [0.2, 0.25) is 0 Å². The second-order valence-corrected chi connectivity index (χ2v) is 3.86. The molecule has 0 spiro atoms. The lowest BCUT2D eigenvalue weighted by atomic mass is 10.4. The zero-order valence-corrected chi connectivity index (χ0v) is 10.5. The van der Waals surface area contributed by atoms with E-state index in [1.165, 1.54) is 0 Å². The average Bonchev–Trinajstić information content (AvgIpc) is 2.93. The first-order valence-corrected chi connectivity index (χ1v) is 5.98. The molecular weight excluding hydrogens is 250 g/mol. The minimum Gasteiger partial charge on any atom is -0.460 e. The zero-order chi connectivity index (χ0) is 13.7. The molecule has 9 nitrogen and oxygen atoms in total. The van der Waals surface area contributed by atoms with Gasteiger partial charge in [-0.15, -0.1) is 0 Å². The first-order valence-electron chi connectivity index (χ1n) is 5.98. The van der Waals surface area contributed by atoms with Crippen LogP contribution < -0.4 is 4.90 Å². The monoisotopic (exact) mass is 263 g/mol. The second-order valence-electron chi connectivity index (χ2n) is 3.86. The zero-order valence-electron chi connectivity index (χ0n) is 10.5. The van der Waals surface area contributed by atoms with Crippen LogP contribution in [0.15, 0.2) is 5.11 Å². The number of rotatable bonds is 4. The van der Waals surface area contributed by atoms with E-state index in [-0.39, 0.29) is 18.4 Å². The summed E-state index contributed by atoms with van der Waals surface area (Å²) in [6, 6.07) is 0. The van der Waals surface area contributed by atoms with Gasteiger partial charge in [-0.3, -0.25) is 0 Å². The van der Waals surface area contributed by atoms with Crippen LogP contribution in [0.5, 0.6) is 0 Å². The van der Waals surface area contributed by atoms with Crippen LogP contribution in [-0.4, -0.2) is 40.6 Å². The lowest BCUT2D eigenvalue weighted by molar-refractivity contribution is 0.0512. The minimum atomic E-state index is -0.653. The van der Waals surface area contributed by atoms with Crippen LogP contribution in [0.3, 0.4) is 0 Å². The number of carbonyl (C=O) groups is 1. The summed E-state index contributed by atoms with van der Waals surface area (Å²) in [4.78, 5) is 28.0. The summed E-state index contributed by atoms with van der Waals surface area (Å²) in [5.74, 6) is -0.568. The van der Waals surface area contributed by atoms with Crippen LogP contribution in [0.25, 0.3) is 10.4 Å². The van der Waals surface area contributed by atoms with Crippen LogP contribution in [0.1, 0.15) is 30.4 Å². The first-order chi connectivity index (χ1) is 9.24. The predicted molar refractivity (Wildman–Crippen MR) is 66.0 cm³/mol. The van der Waals surface area contributed by atoms with Crippen molar-refractivity contribution >= 4 is 17.9 Å². The summed E-state index contributed by atoms with van der Waals surface area (Å²) >= 11 is 0. The highest BCUT2D eigenvalue weighted by Gasteiger charge is 2.20. The lowest BCUT2D eigenvalue weighted by Gasteiger charge is -2.15. The highest BCUT2D eigenvalue weighted by Crippen LogP contribution is 2.18. The van der Waals surface area contributed by atoms with Crippen molar-refractivity contribution in [2.75, 3.05) is 24.6 Å². The van der Waals surface area contributed by atoms with Gasteiger partial charge in [0, 0.05) is 18.0 Å². The van der Waals surface area contributed by atoms with Gasteiger partial charge in [0.25, 0.3) is 0 Å². The molecule has 0 unspecified atom stereocenters. The number of esters is 1. The summed E-state index contributed by atoms with van der Waals surface area (Å²) in [6.07, 6.45) is 2.08. The molecule has 1 saturated heterocycles. The van der Waals surface area contributed by atoms with Gasteiger partial charge < -0.3 is 9.64 Å². The van der Waals surface area contributed by atoms with Crippen LogP contribution in [0, 0.1) is 0 Å². The Labute approximate surface area is 109 Å². The molecule has 0 bridgehead atoms. The Morgan fingerprint density at radius 3 is 2.79 bits per heavy atom. The normalized spacial score (nSPS) is 14.1. The molecule has 0 aromatic carbocycles. The maximum absolute atomic E-state index is 11.6. The fraction of sp³-hybridized carbons (Fsp3) is 0.600.